The lowest BCUT2D eigenvalue weighted by atomic mass is 9.79. The first kappa shape index (κ1) is 9.69. The molecule has 0 N–H and O–H groups in total. The second-order valence-electron chi connectivity index (χ2n) is 5.70. The number of carbonyl (C=O) groups excluding carboxylic acids is 1. The van der Waals surface area contributed by atoms with Gasteiger partial charge >= 0.3 is 0 Å². The fourth-order valence-corrected chi connectivity index (χ4v) is 4.46. The van der Waals surface area contributed by atoms with Crippen LogP contribution >= 0.6 is 0 Å². The van der Waals surface area contributed by atoms with Crippen molar-refractivity contribution >= 4 is 5.78 Å². The third kappa shape index (κ3) is 1.09. The summed E-state index contributed by atoms with van der Waals surface area (Å²) in [4.78, 5) is 12.4. The topological polar surface area (TPSA) is 26.3 Å². The zero-order valence-electron chi connectivity index (χ0n) is 9.98. The Balaban J connectivity index is 1.87. The van der Waals surface area contributed by atoms with E-state index in [0.29, 0.717) is 23.5 Å². The summed E-state index contributed by atoms with van der Waals surface area (Å²) in [5.74, 6) is 3.51. The van der Waals surface area contributed by atoms with Gasteiger partial charge in [-0.3, -0.25) is 4.79 Å². The highest BCUT2D eigenvalue weighted by atomic mass is 16.5. The molecule has 0 amide bonds. The molecule has 4 rings (SSSR count). The summed E-state index contributed by atoms with van der Waals surface area (Å²) < 4.78 is 5.29. The van der Waals surface area contributed by atoms with Gasteiger partial charge in [-0.05, 0) is 60.8 Å². The lowest BCUT2D eigenvalue weighted by Crippen LogP contribution is -2.20. The van der Waals surface area contributed by atoms with Gasteiger partial charge in [0.1, 0.15) is 5.75 Å². The zero-order chi connectivity index (χ0) is 11.6. The highest BCUT2D eigenvalue weighted by molar-refractivity contribution is 6.04. The van der Waals surface area contributed by atoms with Crippen LogP contribution in [0.3, 0.4) is 0 Å². The predicted molar refractivity (Wildman–Crippen MR) is 64.4 cm³/mol. The van der Waals surface area contributed by atoms with Crippen molar-refractivity contribution < 1.29 is 9.53 Å². The van der Waals surface area contributed by atoms with Crippen LogP contribution in [0.2, 0.25) is 0 Å². The van der Waals surface area contributed by atoms with Gasteiger partial charge in [0.2, 0.25) is 0 Å². The fourth-order valence-electron chi connectivity index (χ4n) is 4.46. The molecule has 2 heteroatoms. The molecule has 2 fully saturated rings. The summed E-state index contributed by atoms with van der Waals surface area (Å²) in [6.45, 7) is 0. The van der Waals surface area contributed by atoms with Crippen molar-refractivity contribution in [3.63, 3.8) is 0 Å². The minimum absolute atomic E-state index is 0.302. The Hall–Kier alpha value is -1.31. The van der Waals surface area contributed by atoms with E-state index in [1.165, 1.54) is 24.8 Å². The monoisotopic (exact) mass is 228 g/mol. The molecule has 17 heavy (non-hydrogen) atoms. The average Bonchev–Trinajstić information content (AvgIpc) is 3.02. The molecule has 4 atom stereocenters. The molecule has 1 aromatic carbocycles. The molecule has 0 aliphatic heterocycles. The van der Waals surface area contributed by atoms with E-state index in [0.717, 1.165) is 17.2 Å². The number of ether oxygens (including phenoxy) is 1. The summed E-state index contributed by atoms with van der Waals surface area (Å²) in [5, 5.41) is 0. The highest BCUT2D eigenvalue weighted by Crippen LogP contribution is 2.61. The Labute approximate surface area is 101 Å². The van der Waals surface area contributed by atoms with Crippen LogP contribution in [-0.2, 0) is 0 Å². The second kappa shape index (κ2) is 3.12. The van der Waals surface area contributed by atoms with Crippen molar-refractivity contribution in [3.8, 4) is 5.75 Å². The van der Waals surface area contributed by atoms with Gasteiger partial charge in [-0.25, -0.2) is 0 Å². The molecule has 0 unspecified atom stereocenters. The molecule has 0 radical (unpaired) electrons. The maximum atomic E-state index is 12.4. The molecule has 88 valence electrons. The van der Waals surface area contributed by atoms with Crippen LogP contribution in [0.5, 0.6) is 5.75 Å². The predicted octanol–water partition coefficient (Wildman–Crippen LogP) is 3.02. The van der Waals surface area contributed by atoms with E-state index in [-0.39, 0.29) is 0 Å². The smallest absolute Gasteiger partial charge is 0.167 e. The Morgan fingerprint density at radius 2 is 1.94 bits per heavy atom. The van der Waals surface area contributed by atoms with Crippen molar-refractivity contribution in [2.45, 2.75) is 25.2 Å². The first-order valence-corrected chi connectivity index (χ1v) is 6.51. The van der Waals surface area contributed by atoms with E-state index in [2.05, 4.69) is 6.07 Å². The van der Waals surface area contributed by atoms with Crippen LogP contribution in [0.15, 0.2) is 18.2 Å². The molecule has 0 heterocycles. The molecule has 3 aliphatic carbocycles. The molecule has 0 spiro atoms. The van der Waals surface area contributed by atoms with Crippen molar-refractivity contribution in [3.05, 3.63) is 29.3 Å². The van der Waals surface area contributed by atoms with E-state index in [4.69, 9.17) is 4.74 Å². The fraction of sp³-hybridized carbons (Fsp3) is 0.533. The third-order valence-corrected chi connectivity index (χ3v) is 5.10. The number of fused-ring (bicyclic) bond motifs is 7. The molecule has 0 aromatic heterocycles. The van der Waals surface area contributed by atoms with Gasteiger partial charge in [0, 0.05) is 11.5 Å². The lowest BCUT2D eigenvalue weighted by molar-refractivity contribution is 0.0883. The Morgan fingerprint density at radius 1 is 1.18 bits per heavy atom. The van der Waals surface area contributed by atoms with Crippen molar-refractivity contribution in [2.75, 3.05) is 7.11 Å². The minimum Gasteiger partial charge on any atom is -0.497 e. The largest absolute Gasteiger partial charge is 0.497 e. The van der Waals surface area contributed by atoms with Crippen LogP contribution in [0.1, 0.15) is 41.1 Å². The van der Waals surface area contributed by atoms with Crippen LogP contribution in [-0.4, -0.2) is 12.9 Å². The molecule has 0 saturated heterocycles. The van der Waals surface area contributed by atoms with Crippen molar-refractivity contribution in [2.24, 2.45) is 17.8 Å². The van der Waals surface area contributed by atoms with E-state index >= 15 is 0 Å². The van der Waals surface area contributed by atoms with Gasteiger partial charge in [0.25, 0.3) is 0 Å². The molecule has 1 aromatic rings. The first-order valence-electron chi connectivity index (χ1n) is 6.51. The number of rotatable bonds is 1. The summed E-state index contributed by atoms with van der Waals surface area (Å²) in [6.07, 6.45) is 3.86. The summed E-state index contributed by atoms with van der Waals surface area (Å²) in [7, 11) is 1.69. The van der Waals surface area contributed by atoms with Gasteiger partial charge in [-0.2, -0.15) is 0 Å². The van der Waals surface area contributed by atoms with Crippen LogP contribution in [0.25, 0.3) is 0 Å². The molecule has 2 nitrogen and oxygen atoms in total. The lowest BCUT2D eigenvalue weighted by Gasteiger charge is -2.23. The molecular weight excluding hydrogens is 212 g/mol. The first-order chi connectivity index (χ1) is 8.29. The zero-order valence-corrected chi connectivity index (χ0v) is 9.98. The van der Waals surface area contributed by atoms with Crippen LogP contribution in [0.4, 0.5) is 0 Å². The number of hydrogen-bond acceptors (Lipinski definition) is 2. The quantitative estimate of drug-likeness (QED) is 0.738. The number of carbonyl (C=O) groups is 1. The Bertz CT molecular complexity index is 506. The summed E-state index contributed by atoms with van der Waals surface area (Å²) >= 11 is 0. The molecule has 2 bridgehead atoms. The van der Waals surface area contributed by atoms with Gasteiger partial charge in [-0.1, -0.05) is 0 Å². The highest BCUT2D eigenvalue weighted by Gasteiger charge is 2.55. The minimum atomic E-state index is 0.302. The number of ketones is 1. The van der Waals surface area contributed by atoms with Crippen LogP contribution in [0, 0.1) is 17.8 Å². The maximum absolute atomic E-state index is 12.4. The standard InChI is InChI=1S/C15H16O2/c1-17-10-4-5-11-12(7-10)13-8-2-3-9(6-8)14(13)15(11)16/h4-5,7-9,13-14H,2-3,6H2,1H3/t8-,9+,13-,14-/m1/s1. The van der Waals surface area contributed by atoms with E-state index < -0.39 is 0 Å². The summed E-state index contributed by atoms with van der Waals surface area (Å²) in [5.41, 5.74) is 2.24. The Morgan fingerprint density at radius 3 is 2.71 bits per heavy atom. The molecular formula is C15H16O2. The van der Waals surface area contributed by atoms with E-state index in [9.17, 15) is 4.79 Å². The van der Waals surface area contributed by atoms with Gasteiger partial charge in [-0.15, -0.1) is 0 Å². The number of methoxy groups -OCH3 is 1. The third-order valence-electron chi connectivity index (χ3n) is 5.10. The van der Waals surface area contributed by atoms with Gasteiger partial charge in [0.15, 0.2) is 5.78 Å². The summed E-state index contributed by atoms with van der Waals surface area (Å²) in [6, 6.07) is 5.98. The van der Waals surface area contributed by atoms with E-state index in [1.54, 1.807) is 7.11 Å². The SMILES string of the molecule is COc1ccc2c(c1)[C@H]1[C@@H]3CC[C@@H](C3)[C@H]1C2=O. The second-order valence-corrected chi connectivity index (χ2v) is 5.70. The number of Topliss-reactive ketones (excluding diaryl/α,β-unsaturated/α-hetero) is 1. The number of hydrogen-bond donors (Lipinski definition) is 0. The van der Waals surface area contributed by atoms with Gasteiger partial charge in [0.05, 0.1) is 7.11 Å². The molecule has 2 saturated carbocycles. The number of benzene rings is 1. The van der Waals surface area contributed by atoms with Crippen LogP contribution < -0.4 is 4.74 Å². The van der Waals surface area contributed by atoms with Crippen molar-refractivity contribution in [1.29, 1.82) is 0 Å². The van der Waals surface area contributed by atoms with Crippen molar-refractivity contribution in [1.82, 2.24) is 0 Å². The normalized spacial score (nSPS) is 37.1. The van der Waals surface area contributed by atoms with Gasteiger partial charge < -0.3 is 4.74 Å². The maximum Gasteiger partial charge on any atom is 0.167 e. The van der Waals surface area contributed by atoms with E-state index in [1.807, 2.05) is 12.1 Å². The molecule has 3 aliphatic rings. The Kier molecular flexibility index (Phi) is 1.78. The average molecular weight is 228 g/mol.